The van der Waals surface area contributed by atoms with E-state index < -0.39 is 17.8 Å². The van der Waals surface area contributed by atoms with Crippen molar-refractivity contribution in [2.45, 2.75) is 37.9 Å². The van der Waals surface area contributed by atoms with Gasteiger partial charge in [-0.15, -0.1) is 0 Å². The molecule has 0 aromatic heterocycles. The summed E-state index contributed by atoms with van der Waals surface area (Å²) in [5.41, 5.74) is -1.05. The summed E-state index contributed by atoms with van der Waals surface area (Å²) in [4.78, 5) is 14.6. The van der Waals surface area contributed by atoms with Gasteiger partial charge < -0.3 is 15.5 Å². The van der Waals surface area contributed by atoms with E-state index in [0.717, 1.165) is 32.0 Å². The summed E-state index contributed by atoms with van der Waals surface area (Å²) in [6.07, 6.45) is 0.0592. The van der Waals surface area contributed by atoms with Crippen LogP contribution in [0.1, 0.15) is 31.2 Å². The molecule has 2 heterocycles. The smallest absolute Gasteiger partial charge is 0.338 e. The molecule has 0 saturated carbocycles. The Bertz CT molecular complexity index is 627. The molecule has 3 rings (SSSR count). The van der Waals surface area contributed by atoms with Gasteiger partial charge in [0, 0.05) is 12.6 Å². The number of hydrogen-bond acceptors (Lipinski definition) is 3. The van der Waals surface area contributed by atoms with E-state index in [2.05, 4.69) is 15.5 Å². The number of carbonyl (C=O) groups is 1. The molecule has 8 heteroatoms. The monoisotopic (exact) mass is 401 g/mol. The van der Waals surface area contributed by atoms with Crippen LogP contribution in [0.4, 0.5) is 23.7 Å². The third-order valence-corrected chi connectivity index (χ3v) is 6.44. The Hall–Kier alpha value is -1.41. The molecule has 4 nitrogen and oxygen atoms in total. The number of amides is 2. The molecule has 2 aliphatic heterocycles. The average Bonchev–Trinajstić information content (AvgIpc) is 2.67. The number of alkyl halides is 3. The number of anilines is 1. The predicted molar refractivity (Wildman–Crippen MR) is 103 cm³/mol. The molecule has 150 valence electrons. The van der Waals surface area contributed by atoms with Crippen molar-refractivity contribution >= 4 is 23.5 Å². The first kappa shape index (κ1) is 20.3. The number of rotatable bonds is 4. The van der Waals surface area contributed by atoms with Crippen molar-refractivity contribution in [3.8, 4) is 0 Å². The van der Waals surface area contributed by atoms with Crippen molar-refractivity contribution in [3.63, 3.8) is 0 Å². The summed E-state index contributed by atoms with van der Waals surface area (Å²) in [6, 6.07) is 5.13. The summed E-state index contributed by atoms with van der Waals surface area (Å²) in [7, 11) is 0. The summed E-state index contributed by atoms with van der Waals surface area (Å²) in [6.45, 7) is 2.58. The first-order chi connectivity index (χ1) is 12.9. The number of benzene rings is 1. The normalized spacial score (nSPS) is 20.4. The first-order valence-electron chi connectivity index (χ1n) is 9.46. The van der Waals surface area contributed by atoms with Gasteiger partial charge in [-0.1, -0.05) is 12.1 Å². The van der Waals surface area contributed by atoms with Gasteiger partial charge in [0.1, 0.15) is 0 Å². The Morgan fingerprint density at radius 1 is 1.11 bits per heavy atom. The van der Waals surface area contributed by atoms with Crippen LogP contribution in [0.5, 0.6) is 0 Å². The van der Waals surface area contributed by atoms with E-state index in [9.17, 15) is 18.0 Å². The number of thioether (sulfide) groups is 1. The van der Waals surface area contributed by atoms with Crippen molar-refractivity contribution in [1.82, 2.24) is 10.2 Å². The van der Waals surface area contributed by atoms with Gasteiger partial charge in [0.15, 0.2) is 0 Å². The third kappa shape index (κ3) is 5.78. The van der Waals surface area contributed by atoms with Crippen LogP contribution in [0.25, 0.3) is 0 Å². The molecule has 0 bridgehead atoms. The lowest BCUT2D eigenvalue weighted by molar-refractivity contribution is -0.136. The van der Waals surface area contributed by atoms with Gasteiger partial charge in [0.2, 0.25) is 0 Å². The summed E-state index contributed by atoms with van der Waals surface area (Å²) < 4.78 is 39.0. The molecule has 0 unspecified atom stereocenters. The van der Waals surface area contributed by atoms with Gasteiger partial charge in [-0.05, 0) is 68.3 Å². The van der Waals surface area contributed by atoms with E-state index >= 15 is 0 Å². The second-order valence-electron chi connectivity index (χ2n) is 7.20. The SMILES string of the molecule is O=C(NCC1CCN(C2CCSCC2)CC1)Nc1ccccc1C(F)(F)F. The van der Waals surface area contributed by atoms with E-state index in [1.807, 2.05) is 11.8 Å². The molecular formula is C19H26F3N3OS. The number of nitrogens with one attached hydrogen (secondary N) is 2. The number of halogens is 3. The van der Waals surface area contributed by atoms with Crippen molar-refractivity contribution < 1.29 is 18.0 Å². The zero-order chi connectivity index (χ0) is 19.3. The van der Waals surface area contributed by atoms with Crippen LogP contribution >= 0.6 is 11.8 Å². The van der Waals surface area contributed by atoms with Crippen molar-refractivity contribution in [2.75, 3.05) is 36.5 Å². The van der Waals surface area contributed by atoms with Gasteiger partial charge >= 0.3 is 12.2 Å². The molecule has 27 heavy (non-hydrogen) atoms. The fraction of sp³-hybridized carbons (Fsp3) is 0.632. The maximum atomic E-state index is 13.0. The Balaban J connectivity index is 1.43. The van der Waals surface area contributed by atoms with E-state index in [4.69, 9.17) is 0 Å². The highest BCUT2D eigenvalue weighted by Crippen LogP contribution is 2.34. The van der Waals surface area contributed by atoms with Crippen LogP contribution in [-0.2, 0) is 6.18 Å². The van der Waals surface area contributed by atoms with Crippen molar-refractivity contribution in [1.29, 1.82) is 0 Å². The Kier molecular flexibility index (Phi) is 6.92. The molecule has 0 spiro atoms. The van der Waals surface area contributed by atoms with Crippen LogP contribution in [0.2, 0.25) is 0 Å². The van der Waals surface area contributed by atoms with Gasteiger partial charge in [-0.25, -0.2) is 4.79 Å². The van der Waals surface area contributed by atoms with E-state index in [1.54, 1.807) is 0 Å². The van der Waals surface area contributed by atoms with Crippen LogP contribution < -0.4 is 10.6 Å². The summed E-state index contributed by atoms with van der Waals surface area (Å²) in [5, 5.41) is 5.07. The topological polar surface area (TPSA) is 44.4 Å². The molecule has 1 aromatic carbocycles. The molecule has 2 fully saturated rings. The zero-order valence-corrected chi connectivity index (χ0v) is 16.0. The number of nitrogens with zero attached hydrogens (tertiary/aromatic N) is 1. The summed E-state index contributed by atoms with van der Waals surface area (Å²) >= 11 is 2.03. The quantitative estimate of drug-likeness (QED) is 0.784. The largest absolute Gasteiger partial charge is 0.418 e. The van der Waals surface area contributed by atoms with E-state index in [0.29, 0.717) is 18.5 Å². The highest BCUT2D eigenvalue weighted by molar-refractivity contribution is 7.99. The minimum absolute atomic E-state index is 0.215. The average molecular weight is 401 g/mol. The molecule has 1 aromatic rings. The lowest BCUT2D eigenvalue weighted by Gasteiger charge is -2.39. The number of piperidine rings is 1. The molecule has 2 saturated heterocycles. The maximum Gasteiger partial charge on any atom is 0.418 e. The fourth-order valence-corrected chi connectivity index (χ4v) is 4.90. The Morgan fingerprint density at radius 2 is 1.78 bits per heavy atom. The van der Waals surface area contributed by atoms with Crippen molar-refractivity contribution in [3.05, 3.63) is 29.8 Å². The molecule has 2 N–H and O–H groups in total. The molecule has 0 aliphatic carbocycles. The van der Waals surface area contributed by atoms with Crippen molar-refractivity contribution in [2.24, 2.45) is 5.92 Å². The second kappa shape index (κ2) is 9.19. The molecule has 2 aliphatic rings. The Morgan fingerprint density at radius 3 is 2.44 bits per heavy atom. The minimum Gasteiger partial charge on any atom is -0.338 e. The number of urea groups is 1. The van der Waals surface area contributed by atoms with E-state index in [1.165, 1.54) is 42.5 Å². The molecular weight excluding hydrogens is 375 g/mol. The highest BCUT2D eigenvalue weighted by Gasteiger charge is 2.33. The highest BCUT2D eigenvalue weighted by atomic mass is 32.2. The lowest BCUT2D eigenvalue weighted by Crippen LogP contribution is -2.45. The number of likely N-dealkylation sites (tertiary alicyclic amines) is 1. The fourth-order valence-electron chi connectivity index (χ4n) is 3.82. The maximum absolute atomic E-state index is 13.0. The number of hydrogen-bond donors (Lipinski definition) is 2. The minimum atomic E-state index is -4.49. The molecule has 2 amide bonds. The van der Waals surface area contributed by atoms with Gasteiger partial charge in [0.25, 0.3) is 0 Å². The van der Waals surface area contributed by atoms with Gasteiger partial charge in [0.05, 0.1) is 11.3 Å². The van der Waals surface area contributed by atoms with Gasteiger partial charge in [-0.2, -0.15) is 24.9 Å². The summed E-state index contributed by atoms with van der Waals surface area (Å²) in [5.74, 6) is 2.86. The molecule has 0 atom stereocenters. The van der Waals surface area contributed by atoms with E-state index in [-0.39, 0.29) is 5.69 Å². The second-order valence-corrected chi connectivity index (χ2v) is 8.43. The van der Waals surface area contributed by atoms with Crippen LogP contribution in [0, 0.1) is 5.92 Å². The number of carbonyl (C=O) groups excluding carboxylic acids is 1. The number of para-hydroxylation sites is 1. The molecule has 0 radical (unpaired) electrons. The first-order valence-corrected chi connectivity index (χ1v) is 10.6. The predicted octanol–water partition coefficient (Wildman–Crippen LogP) is 4.43. The standard InChI is InChI=1S/C19H26F3N3OS/c20-19(21,22)16-3-1-2-4-17(16)24-18(26)23-13-14-5-9-25(10-6-14)15-7-11-27-12-8-15/h1-4,14-15H,5-13H2,(H2,23,24,26). The Labute approximate surface area is 162 Å². The lowest BCUT2D eigenvalue weighted by atomic mass is 9.94. The zero-order valence-electron chi connectivity index (χ0n) is 15.2. The van der Waals surface area contributed by atoms with Crippen LogP contribution in [0.3, 0.4) is 0 Å². The van der Waals surface area contributed by atoms with Crippen LogP contribution in [0.15, 0.2) is 24.3 Å². The third-order valence-electron chi connectivity index (χ3n) is 5.39. The van der Waals surface area contributed by atoms with Crippen LogP contribution in [-0.4, -0.2) is 48.1 Å². The van der Waals surface area contributed by atoms with Gasteiger partial charge in [-0.3, -0.25) is 0 Å².